The maximum absolute atomic E-state index is 18.2. The molecule has 4 fully saturated rings. The quantitative estimate of drug-likeness (QED) is 0.118. The van der Waals surface area contributed by atoms with Crippen molar-refractivity contribution in [3.05, 3.63) is 89.3 Å². The highest BCUT2D eigenvalue weighted by molar-refractivity contribution is 6.27. The van der Waals surface area contributed by atoms with Gasteiger partial charge in [-0.15, -0.1) is 0 Å². The van der Waals surface area contributed by atoms with Crippen molar-refractivity contribution in [3.63, 3.8) is 0 Å². The van der Waals surface area contributed by atoms with Crippen LogP contribution in [0.2, 0.25) is 0 Å². The number of ketones is 4. The van der Waals surface area contributed by atoms with E-state index in [4.69, 9.17) is 23.7 Å². The largest absolute Gasteiger partial charge is 0.444 e. The van der Waals surface area contributed by atoms with Gasteiger partial charge in [0.2, 0.25) is 0 Å². The molecular formula is C59H72F3N3O15. The average molecular weight is 1120 g/mol. The van der Waals surface area contributed by atoms with Crippen LogP contribution in [-0.2, 0) is 54.3 Å². The third-order valence-electron chi connectivity index (χ3n) is 16.2. The molecule has 0 aliphatic heterocycles. The second-order valence-electron chi connectivity index (χ2n) is 24.8. The van der Waals surface area contributed by atoms with Gasteiger partial charge in [-0.1, -0.05) is 37.3 Å². The fourth-order valence-corrected chi connectivity index (χ4v) is 12.8. The molecule has 2 aromatic rings. The SMILES string of the molecule is CCN(COCC(=O)[C@@]12C(=O)[C@H](c3cccc(F)c3)C(=O)[C@@H]1C[C@H]1[C@@H]3C[C@H](F)C4=CC(=O)C=C[C@]4(C)[C@@]3(F)[C@@H](O)C[C@@]12C)C(=O)OCc1ccc(N(C(=O)OC(C)(C)C)C(=O)[C@H](C)N(C(=O)OC(C)(C)C)C(=O)OC(C)(C)C)cc1. The van der Waals surface area contributed by atoms with Crippen molar-refractivity contribution in [2.24, 2.45) is 34.0 Å². The van der Waals surface area contributed by atoms with Crippen LogP contribution in [0.1, 0.15) is 126 Å². The number of fused-ring (bicyclic) bond motifs is 7. The number of nitrogens with zero attached hydrogens (tertiary/aromatic N) is 3. The third-order valence-corrected chi connectivity index (χ3v) is 16.2. The number of carbonyl (C=O) groups excluding carboxylic acids is 9. The number of hydrogen-bond acceptors (Lipinski definition) is 15. The molecule has 0 aromatic heterocycles. The number of carbonyl (C=O) groups is 9. The minimum absolute atomic E-state index is 0.000413. The zero-order valence-electron chi connectivity index (χ0n) is 47.5. The molecule has 5 aliphatic rings. The molecule has 0 unspecified atom stereocenters. The monoisotopic (exact) mass is 1120 g/mol. The number of Topliss-reactive ketones (excluding diaryl/α,β-unsaturated/α-hetero) is 3. The molecule has 4 saturated carbocycles. The molecule has 1 N–H and O–H groups in total. The van der Waals surface area contributed by atoms with E-state index in [-0.39, 0.29) is 36.4 Å². The van der Waals surface area contributed by atoms with E-state index in [1.54, 1.807) is 69.2 Å². The number of allylic oxidation sites excluding steroid dienone is 4. The number of hydrogen-bond donors (Lipinski definition) is 1. The highest BCUT2D eigenvalue weighted by atomic mass is 19.1. The number of rotatable bonds is 12. The number of imide groups is 2. The average Bonchev–Trinajstić information content (AvgIpc) is 3.86. The first-order chi connectivity index (χ1) is 37.0. The van der Waals surface area contributed by atoms with E-state index in [2.05, 4.69) is 0 Å². The number of aliphatic hydroxyl groups excluding tert-OH is 1. The zero-order chi connectivity index (χ0) is 59.6. The smallest absolute Gasteiger partial charge is 0.421 e. The molecule has 2 aromatic carbocycles. The first kappa shape index (κ1) is 60.9. The minimum Gasteiger partial charge on any atom is -0.444 e. The van der Waals surface area contributed by atoms with Crippen LogP contribution in [-0.4, -0.2) is 129 Å². The summed E-state index contributed by atoms with van der Waals surface area (Å²) < 4.78 is 77.1. The van der Waals surface area contributed by atoms with Crippen LogP contribution in [0, 0.1) is 39.8 Å². The lowest BCUT2D eigenvalue weighted by atomic mass is 9.42. The molecule has 21 heteroatoms. The number of amides is 5. The number of halogens is 3. The zero-order valence-corrected chi connectivity index (χ0v) is 47.5. The Bertz CT molecular complexity index is 2900. The van der Waals surface area contributed by atoms with Gasteiger partial charge in [-0.25, -0.2) is 37.2 Å². The fourth-order valence-electron chi connectivity index (χ4n) is 12.8. The molecule has 0 saturated heterocycles. The van der Waals surface area contributed by atoms with Crippen molar-refractivity contribution in [1.82, 2.24) is 9.80 Å². The summed E-state index contributed by atoms with van der Waals surface area (Å²) in [5.41, 5.74) is -11.5. The van der Waals surface area contributed by atoms with Crippen LogP contribution in [0.5, 0.6) is 0 Å². The van der Waals surface area contributed by atoms with Gasteiger partial charge in [-0.3, -0.25) is 28.9 Å². The summed E-state index contributed by atoms with van der Waals surface area (Å²) in [6.07, 6.45) is -6.11. The predicted molar refractivity (Wildman–Crippen MR) is 281 cm³/mol. The van der Waals surface area contributed by atoms with Gasteiger partial charge in [0.25, 0.3) is 5.91 Å². The van der Waals surface area contributed by atoms with Crippen LogP contribution in [0.15, 0.2) is 72.3 Å². The summed E-state index contributed by atoms with van der Waals surface area (Å²) >= 11 is 0. The normalized spacial score (nSPS) is 29.2. The van der Waals surface area contributed by atoms with Crippen LogP contribution in [0.25, 0.3) is 0 Å². The summed E-state index contributed by atoms with van der Waals surface area (Å²) in [7, 11) is 0. The van der Waals surface area contributed by atoms with Gasteiger partial charge in [0.1, 0.15) is 66.1 Å². The number of aliphatic hydroxyl groups is 1. The Kier molecular flexibility index (Phi) is 16.5. The minimum atomic E-state index is -2.59. The molecule has 0 radical (unpaired) electrons. The van der Waals surface area contributed by atoms with Gasteiger partial charge < -0.3 is 28.8 Å². The molecule has 434 valence electrons. The summed E-state index contributed by atoms with van der Waals surface area (Å²) in [6, 6.07) is 8.74. The second-order valence-corrected chi connectivity index (χ2v) is 24.8. The van der Waals surface area contributed by atoms with Crippen molar-refractivity contribution in [2.75, 3.05) is 24.8 Å². The van der Waals surface area contributed by atoms with Crippen LogP contribution in [0.3, 0.4) is 0 Å². The van der Waals surface area contributed by atoms with Gasteiger partial charge in [-0.05, 0) is 167 Å². The summed E-state index contributed by atoms with van der Waals surface area (Å²) in [4.78, 5) is 128. The summed E-state index contributed by atoms with van der Waals surface area (Å²) in [6.45, 7) is 18.0. The highest BCUT2D eigenvalue weighted by Crippen LogP contribution is 2.76. The Morgan fingerprint density at radius 2 is 1.40 bits per heavy atom. The maximum atomic E-state index is 18.2. The van der Waals surface area contributed by atoms with Gasteiger partial charge in [0.15, 0.2) is 28.8 Å². The lowest BCUT2D eigenvalue weighted by Gasteiger charge is -2.63. The van der Waals surface area contributed by atoms with Crippen molar-refractivity contribution in [1.29, 1.82) is 0 Å². The standard InChI is InChI=1S/C59H72F3N3O15/c1-14-63(49(72)77-29-33-18-20-36(21-19-33)65(52(75)80-55(9,10)11)48(71)32(2)64(50(73)78-53(3,4)5)51(74)79-54(6,7)8)31-76-30-44(68)58-41(46(69)45(47(58)70)34-16-15-17-35(60)24-34)26-38-39-27-42(61)40-25-37(66)22-23-56(40,12)59(39,62)43(67)28-57(38,58)13/h15-25,32,38-39,41-43,45,67H,14,26-31H2,1-13H3/t32-,38-,39-,41-,42-,43-,45+,56-,57-,58+,59-/m0/s1. The van der Waals surface area contributed by atoms with E-state index in [1.165, 1.54) is 63.2 Å². The number of anilines is 1. The number of benzene rings is 2. The molecule has 0 heterocycles. The van der Waals surface area contributed by atoms with E-state index >= 15 is 18.4 Å². The number of ether oxygens (including phenoxy) is 5. The Balaban J connectivity index is 1.09. The molecular weight excluding hydrogens is 1050 g/mol. The summed E-state index contributed by atoms with van der Waals surface area (Å²) in [5.74, 6) is -10.2. The van der Waals surface area contributed by atoms with Crippen LogP contribution >= 0.6 is 0 Å². The van der Waals surface area contributed by atoms with Gasteiger partial charge in [0.05, 0.1) is 11.8 Å². The Hall–Kier alpha value is -6.74. The van der Waals surface area contributed by atoms with Gasteiger partial charge in [-0.2, -0.15) is 4.90 Å². The molecule has 5 aliphatic carbocycles. The Morgan fingerprint density at radius 3 is 1.96 bits per heavy atom. The molecule has 0 bridgehead atoms. The number of alkyl halides is 2. The molecule has 18 nitrogen and oxygen atoms in total. The van der Waals surface area contributed by atoms with E-state index in [9.17, 15) is 43.1 Å². The maximum Gasteiger partial charge on any atom is 0.421 e. The highest BCUT2D eigenvalue weighted by Gasteiger charge is 2.82. The van der Waals surface area contributed by atoms with Crippen molar-refractivity contribution < 1.29 is 85.1 Å². The van der Waals surface area contributed by atoms with Gasteiger partial charge in [0, 0.05) is 23.8 Å². The van der Waals surface area contributed by atoms with E-state index in [0.717, 1.165) is 29.2 Å². The lowest BCUT2D eigenvalue weighted by Crippen LogP contribution is -2.70. The van der Waals surface area contributed by atoms with Crippen LogP contribution in [0.4, 0.5) is 38.0 Å². The molecule has 5 amide bonds. The van der Waals surface area contributed by atoms with E-state index in [1.807, 2.05) is 0 Å². The first-order valence-corrected chi connectivity index (χ1v) is 26.7. The van der Waals surface area contributed by atoms with Gasteiger partial charge >= 0.3 is 24.4 Å². The van der Waals surface area contributed by atoms with Crippen LogP contribution < -0.4 is 4.90 Å². The first-order valence-electron chi connectivity index (χ1n) is 26.7. The van der Waals surface area contributed by atoms with E-state index < -0.39 is 166 Å². The van der Waals surface area contributed by atoms with E-state index in [0.29, 0.717) is 15.4 Å². The fraction of sp³-hybridized carbons (Fsp3) is 0.576. The molecule has 7 rings (SSSR count). The van der Waals surface area contributed by atoms with Crippen molar-refractivity contribution in [3.8, 4) is 0 Å². The summed E-state index contributed by atoms with van der Waals surface area (Å²) in [5, 5.41) is 12.1. The topological polar surface area (TPSA) is 230 Å². The molecule has 11 atom stereocenters. The van der Waals surface area contributed by atoms with Crippen molar-refractivity contribution in [2.45, 2.75) is 163 Å². The Morgan fingerprint density at radius 1 is 0.812 bits per heavy atom. The molecule has 80 heavy (non-hydrogen) atoms. The second kappa shape index (κ2) is 21.6. The Labute approximate surface area is 463 Å². The predicted octanol–water partition coefficient (Wildman–Crippen LogP) is 9.62. The lowest BCUT2D eigenvalue weighted by molar-refractivity contribution is -0.211. The molecule has 0 spiro atoms. The third kappa shape index (κ3) is 10.8. The van der Waals surface area contributed by atoms with Crippen molar-refractivity contribution >= 4 is 59.1 Å².